The van der Waals surface area contributed by atoms with Crippen molar-refractivity contribution in [2.75, 3.05) is 5.75 Å². The Morgan fingerprint density at radius 1 is 1.15 bits per heavy atom. The van der Waals surface area contributed by atoms with Gasteiger partial charge < -0.3 is 0 Å². The summed E-state index contributed by atoms with van der Waals surface area (Å²) in [4.78, 5) is 0. The van der Waals surface area contributed by atoms with Crippen molar-refractivity contribution in [1.29, 1.82) is 0 Å². The summed E-state index contributed by atoms with van der Waals surface area (Å²) in [6, 6.07) is 0. The molecule has 0 rings (SSSR count). The molecule has 76 valence electrons. The molecule has 0 fully saturated rings. The van der Waals surface area contributed by atoms with Gasteiger partial charge in [-0.25, -0.2) is 0 Å². The predicted molar refractivity (Wildman–Crippen MR) is 65.4 cm³/mol. The van der Waals surface area contributed by atoms with Crippen molar-refractivity contribution in [3.8, 4) is 0 Å². The summed E-state index contributed by atoms with van der Waals surface area (Å²) < 4.78 is 0.205. The third kappa shape index (κ3) is 4.56. The molecular formula is C12H22S. The molecule has 0 aliphatic rings. The van der Waals surface area contributed by atoms with Crippen LogP contribution < -0.4 is 0 Å². The van der Waals surface area contributed by atoms with Gasteiger partial charge in [-0.15, -0.1) is 11.8 Å². The maximum atomic E-state index is 4.01. The topological polar surface area (TPSA) is 0 Å². The number of hydrogen-bond acceptors (Lipinski definition) is 1. The molecule has 0 saturated carbocycles. The van der Waals surface area contributed by atoms with Crippen molar-refractivity contribution in [1.82, 2.24) is 0 Å². The fourth-order valence-corrected chi connectivity index (χ4v) is 1.67. The molecule has 0 atom stereocenters. The van der Waals surface area contributed by atoms with Crippen LogP contribution in [0.5, 0.6) is 0 Å². The Hall–Kier alpha value is -0.170. The van der Waals surface area contributed by atoms with E-state index in [9.17, 15) is 0 Å². The van der Waals surface area contributed by atoms with E-state index in [0.29, 0.717) is 0 Å². The summed E-state index contributed by atoms with van der Waals surface area (Å²) in [5.41, 5.74) is 4.17. The van der Waals surface area contributed by atoms with Crippen LogP contribution in [0.2, 0.25) is 0 Å². The summed E-state index contributed by atoms with van der Waals surface area (Å²) in [5.74, 6) is 1.11. The lowest BCUT2D eigenvalue weighted by molar-refractivity contribution is 0.837. The molecule has 0 N–H and O–H groups in total. The SMILES string of the molecule is C=C(C)C(C)(C)SCC(C)=C(C)C. The van der Waals surface area contributed by atoms with Crippen LogP contribution in [0.25, 0.3) is 0 Å². The van der Waals surface area contributed by atoms with Crippen LogP contribution in [0.1, 0.15) is 41.5 Å². The van der Waals surface area contributed by atoms with Crippen molar-refractivity contribution in [3.05, 3.63) is 23.3 Å². The van der Waals surface area contributed by atoms with Crippen molar-refractivity contribution in [2.45, 2.75) is 46.3 Å². The normalized spacial score (nSPS) is 11.2. The first-order chi connectivity index (χ1) is 5.77. The van der Waals surface area contributed by atoms with Gasteiger partial charge >= 0.3 is 0 Å². The van der Waals surface area contributed by atoms with Crippen LogP contribution in [-0.4, -0.2) is 10.5 Å². The van der Waals surface area contributed by atoms with Crippen LogP contribution >= 0.6 is 11.8 Å². The number of hydrogen-bond donors (Lipinski definition) is 0. The number of rotatable bonds is 4. The summed E-state index contributed by atoms with van der Waals surface area (Å²) in [6.45, 7) is 17.1. The molecule has 0 aromatic heterocycles. The highest BCUT2D eigenvalue weighted by Crippen LogP contribution is 2.32. The summed E-state index contributed by atoms with van der Waals surface area (Å²) in [6.07, 6.45) is 0. The summed E-state index contributed by atoms with van der Waals surface area (Å²) >= 11 is 1.97. The van der Waals surface area contributed by atoms with Gasteiger partial charge in [-0.1, -0.05) is 23.3 Å². The molecule has 13 heavy (non-hydrogen) atoms. The highest BCUT2D eigenvalue weighted by molar-refractivity contribution is 8.01. The molecule has 0 heterocycles. The van der Waals surface area contributed by atoms with Crippen molar-refractivity contribution < 1.29 is 0 Å². The van der Waals surface area contributed by atoms with Crippen LogP contribution in [-0.2, 0) is 0 Å². The zero-order chi connectivity index (χ0) is 10.6. The van der Waals surface area contributed by atoms with Crippen LogP contribution in [0.15, 0.2) is 23.3 Å². The van der Waals surface area contributed by atoms with Gasteiger partial charge in [-0.2, -0.15) is 0 Å². The van der Waals surface area contributed by atoms with Gasteiger partial charge in [0.1, 0.15) is 0 Å². The smallest absolute Gasteiger partial charge is 0.0309 e. The molecular weight excluding hydrogens is 176 g/mol. The van der Waals surface area contributed by atoms with Gasteiger partial charge in [0.15, 0.2) is 0 Å². The Balaban J connectivity index is 4.18. The van der Waals surface area contributed by atoms with Crippen LogP contribution in [0.4, 0.5) is 0 Å². The lowest BCUT2D eigenvalue weighted by Gasteiger charge is -2.24. The van der Waals surface area contributed by atoms with Gasteiger partial charge in [0.2, 0.25) is 0 Å². The van der Waals surface area contributed by atoms with E-state index < -0.39 is 0 Å². The van der Waals surface area contributed by atoms with Crippen molar-refractivity contribution >= 4 is 11.8 Å². The number of thioether (sulfide) groups is 1. The number of allylic oxidation sites excluding steroid dienone is 1. The molecule has 0 aliphatic heterocycles. The summed E-state index contributed by atoms with van der Waals surface area (Å²) in [7, 11) is 0. The molecule has 0 bridgehead atoms. The molecule has 0 nitrogen and oxygen atoms in total. The molecule has 0 aromatic rings. The second-order valence-electron chi connectivity index (χ2n) is 4.36. The van der Waals surface area contributed by atoms with Gasteiger partial charge in [0.25, 0.3) is 0 Å². The first-order valence-electron chi connectivity index (χ1n) is 4.70. The monoisotopic (exact) mass is 198 g/mol. The average molecular weight is 198 g/mol. The van der Waals surface area contributed by atoms with E-state index in [-0.39, 0.29) is 4.75 Å². The minimum Gasteiger partial charge on any atom is -0.147 e. The minimum absolute atomic E-state index is 0.205. The molecule has 0 spiro atoms. The van der Waals surface area contributed by atoms with E-state index in [1.807, 2.05) is 11.8 Å². The highest BCUT2D eigenvalue weighted by atomic mass is 32.2. The average Bonchev–Trinajstić information content (AvgIpc) is 1.99. The maximum Gasteiger partial charge on any atom is 0.0309 e. The standard InChI is InChI=1S/C12H22S/c1-9(2)11(5)8-13-12(6,7)10(3)4/h3,8H2,1-2,4-7H3. The van der Waals surface area contributed by atoms with E-state index in [2.05, 4.69) is 48.1 Å². The lowest BCUT2D eigenvalue weighted by atomic mass is 10.1. The Morgan fingerprint density at radius 3 is 1.92 bits per heavy atom. The molecule has 0 aliphatic carbocycles. The third-order valence-electron chi connectivity index (χ3n) is 2.53. The zero-order valence-electron chi connectivity index (χ0n) is 9.82. The highest BCUT2D eigenvalue weighted by Gasteiger charge is 2.18. The second-order valence-corrected chi connectivity index (χ2v) is 5.96. The fraction of sp³-hybridized carbons (Fsp3) is 0.667. The Bertz CT molecular complexity index is 217. The first kappa shape index (κ1) is 12.8. The Labute approximate surface area is 87.5 Å². The Morgan fingerprint density at radius 2 is 1.62 bits per heavy atom. The maximum absolute atomic E-state index is 4.01. The molecule has 0 amide bonds. The van der Waals surface area contributed by atoms with Gasteiger partial charge in [-0.05, 0) is 41.5 Å². The van der Waals surface area contributed by atoms with E-state index >= 15 is 0 Å². The minimum atomic E-state index is 0.205. The fourth-order valence-electron chi connectivity index (χ4n) is 0.556. The molecule has 0 aromatic carbocycles. The van der Waals surface area contributed by atoms with E-state index in [1.165, 1.54) is 16.7 Å². The van der Waals surface area contributed by atoms with Gasteiger partial charge in [-0.3, -0.25) is 0 Å². The first-order valence-corrected chi connectivity index (χ1v) is 5.69. The second kappa shape index (κ2) is 4.90. The molecule has 0 saturated heterocycles. The largest absolute Gasteiger partial charge is 0.147 e. The van der Waals surface area contributed by atoms with Gasteiger partial charge in [0.05, 0.1) is 0 Å². The summed E-state index contributed by atoms with van der Waals surface area (Å²) in [5, 5.41) is 0. The zero-order valence-corrected chi connectivity index (χ0v) is 10.6. The van der Waals surface area contributed by atoms with Crippen molar-refractivity contribution in [2.24, 2.45) is 0 Å². The molecule has 1 heteroatoms. The van der Waals surface area contributed by atoms with Crippen LogP contribution in [0, 0.1) is 0 Å². The van der Waals surface area contributed by atoms with E-state index in [0.717, 1.165) is 5.75 Å². The third-order valence-corrected chi connectivity index (χ3v) is 4.18. The van der Waals surface area contributed by atoms with E-state index in [1.54, 1.807) is 0 Å². The molecule has 0 unspecified atom stereocenters. The Kier molecular flexibility index (Phi) is 4.83. The van der Waals surface area contributed by atoms with Crippen LogP contribution in [0.3, 0.4) is 0 Å². The quantitative estimate of drug-likeness (QED) is 0.602. The molecule has 0 radical (unpaired) electrons. The van der Waals surface area contributed by atoms with Crippen molar-refractivity contribution in [3.63, 3.8) is 0 Å². The van der Waals surface area contributed by atoms with Gasteiger partial charge in [0, 0.05) is 10.5 Å². The lowest BCUT2D eigenvalue weighted by Crippen LogP contribution is -2.16. The predicted octanol–water partition coefficient (Wildman–Crippen LogP) is 4.43. The van der Waals surface area contributed by atoms with E-state index in [4.69, 9.17) is 0 Å².